The Labute approximate surface area is 117 Å². The molecule has 0 fully saturated rings. The molecule has 0 radical (unpaired) electrons. The number of aryl methyl sites for hydroxylation is 1. The smallest absolute Gasteiger partial charge is 0.163 e. The summed E-state index contributed by atoms with van der Waals surface area (Å²) in [4.78, 5) is 0. The molecule has 0 saturated heterocycles. The molecule has 0 spiro atoms. The quantitative estimate of drug-likeness (QED) is 0.789. The van der Waals surface area contributed by atoms with Crippen LogP contribution in [0.4, 0.5) is 5.69 Å². The van der Waals surface area contributed by atoms with Crippen molar-refractivity contribution >= 4 is 5.69 Å². The lowest BCUT2D eigenvalue weighted by molar-refractivity contribution is 0.490. The Morgan fingerprint density at radius 2 is 2.15 bits per heavy atom. The van der Waals surface area contributed by atoms with E-state index in [4.69, 9.17) is 4.42 Å². The molecule has 0 aliphatic rings. The normalized spacial score (nSPS) is 12.3. The summed E-state index contributed by atoms with van der Waals surface area (Å²) in [6, 6.07) is 12.1. The molecule has 1 unspecified atom stereocenters. The van der Waals surface area contributed by atoms with Crippen LogP contribution < -0.4 is 5.32 Å². The number of benzene rings is 1. The van der Waals surface area contributed by atoms with Crippen molar-refractivity contribution in [1.82, 2.24) is 14.8 Å². The van der Waals surface area contributed by atoms with Crippen molar-refractivity contribution in [3.63, 3.8) is 0 Å². The molecule has 2 heterocycles. The van der Waals surface area contributed by atoms with Gasteiger partial charge in [0, 0.05) is 18.3 Å². The second-order valence-electron chi connectivity index (χ2n) is 4.73. The highest BCUT2D eigenvalue weighted by Gasteiger charge is 2.09. The third-order valence-electron chi connectivity index (χ3n) is 3.19. The summed E-state index contributed by atoms with van der Waals surface area (Å²) in [5.74, 6) is 1.76. The Morgan fingerprint density at radius 1 is 1.25 bits per heavy atom. The average molecular weight is 268 g/mol. The number of furan rings is 1. The van der Waals surface area contributed by atoms with Gasteiger partial charge in [0.15, 0.2) is 5.82 Å². The van der Waals surface area contributed by atoms with E-state index in [1.54, 1.807) is 12.6 Å². The number of anilines is 1. The monoisotopic (exact) mass is 268 g/mol. The van der Waals surface area contributed by atoms with Crippen LogP contribution in [0.15, 0.2) is 53.4 Å². The van der Waals surface area contributed by atoms with Gasteiger partial charge in [0.1, 0.15) is 12.1 Å². The molecule has 0 aliphatic heterocycles. The van der Waals surface area contributed by atoms with Crippen molar-refractivity contribution in [1.29, 1.82) is 0 Å². The topological polar surface area (TPSA) is 55.9 Å². The Balaban J connectivity index is 1.83. The number of nitrogens with zero attached hydrogens (tertiary/aromatic N) is 3. The molecule has 1 atom stereocenters. The zero-order chi connectivity index (χ0) is 13.9. The fraction of sp³-hybridized carbons (Fsp3) is 0.200. The van der Waals surface area contributed by atoms with E-state index in [2.05, 4.69) is 28.5 Å². The summed E-state index contributed by atoms with van der Waals surface area (Å²) in [6.07, 6.45) is 3.38. The third kappa shape index (κ3) is 2.42. The molecule has 0 saturated carbocycles. The molecule has 0 bridgehead atoms. The first-order valence-corrected chi connectivity index (χ1v) is 6.48. The van der Waals surface area contributed by atoms with E-state index in [0.29, 0.717) is 0 Å². The predicted octanol–water partition coefficient (Wildman–Crippen LogP) is 3.25. The van der Waals surface area contributed by atoms with Crippen LogP contribution in [0.3, 0.4) is 0 Å². The molecule has 0 aliphatic carbocycles. The van der Waals surface area contributed by atoms with E-state index in [1.807, 2.05) is 41.9 Å². The number of hydrogen-bond donors (Lipinski definition) is 1. The van der Waals surface area contributed by atoms with E-state index in [1.165, 1.54) is 0 Å². The van der Waals surface area contributed by atoms with Crippen LogP contribution in [0.2, 0.25) is 0 Å². The van der Waals surface area contributed by atoms with Crippen LogP contribution in [0, 0.1) is 0 Å². The highest BCUT2D eigenvalue weighted by atomic mass is 16.3. The van der Waals surface area contributed by atoms with Gasteiger partial charge in [-0.3, -0.25) is 0 Å². The van der Waals surface area contributed by atoms with Crippen LogP contribution in [0.1, 0.15) is 18.7 Å². The third-order valence-corrected chi connectivity index (χ3v) is 3.19. The van der Waals surface area contributed by atoms with Gasteiger partial charge in [-0.05, 0) is 31.2 Å². The summed E-state index contributed by atoms with van der Waals surface area (Å²) in [7, 11) is 1.93. The molecule has 3 rings (SSSR count). The molecule has 2 aromatic heterocycles. The number of hydrogen-bond acceptors (Lipinski definition) is 4. The summed E-state index contributed by atoms with van der Waals surface area (Å²) in [5, 5.41) is 11.4. The molecule has 20 heavy (non-hydrogen) atoms. The molecule has 102 valence electrons. The van der Waals surface area contributed by atoms with Gasteiger partial charge in [0.05, 0.1) is 12.3 Å². The highest BCUT2D eigenvalue weighted by molar-refractivity contribution is 5.62. The van der Waals surface area contributed by atoms with E-state index >= 15 is 0 Å². The maximum absolute atomic E-state index is 5.40. The van der Waals surface area contributed by atoms with Crippen molar-refractivity contribution < 1.29 is 4.42 Å². The first-order chi connectivity index (χ1) is 9.74. The second kappa shape index (κ2) is 5.21. The predicted molar refractivity (Wildman–Crippen MR) is 77.2 cm³/mol. The lowest BCUT2D eigenvalue weighted by Gasteiger charge is -2.13. The van der Waals surface area contributed by atoms with Crippen LogP contribution in [0.25, 0.3) is 11.4 Å². The van der Waals surface area contributed by atoms with Crippen LogP contribution in [0.5, 0.6) is 0 Å². The van der Waals surface area contributed by atoms with Crippen molar-refractivity contribution in [3.8, 4) is 11.4 Å². The lowest BCUT2D eigenvalue weighted by Crippen LogP contribution is -2.05. The van der Waals surface area contributed by atoms with E-state index in [-0.39, 0.29) is 6.04 Å². The van der Waals surface area contributed by atoms with E-state index in [9.17, 15) is 0 Å². The van der Waals surface area contributed by atoms with Gasteiger partial charge in [-0.1, -0.05) is 12.1 Å². The molecule has 1 aromatic carbocycles. The second-order valence-corrected chi connectivity index (χ2v) is 4.73. The first-order valence-electron chi connectivity index (χ1n) is 6.48. The molecule has 5 nitrogen and oxygen atoms in total. The van der Waals surface area contributed by atoms with Gasteiger partial charge in [0.25, 0.3) is 0 Å². The minimum absolute atomic E-state index is 0.111. The van der Waals surface area contributed by atoms with Gasteiger partial charge in [0.2, 0.25) is 0 Å². The molecular weight excluding hydrogens is 252 g/mol. The summed E-state index contributed by atoms with van der Waals surface area (Å²) in [5.41, 5.74) is 2.05. The first kappa shape index (κ1) is 12.5. The zero-order valence-corrected chi connectivity index (χ0v) is 11.4. The van der Waals surface area contributed by atoms with Crippen molar-refractivity contribution in [2.45, 2.75) is 13.0 Å². The Bertz CT molecular complexity index is 687. The highest BCUT2D eigenvalue weighted by Crippen LogP contribution is 2.24. The van der Waals surface area contributed by atoms with E-state index < -0.39 is 0 Å². The van der Waals surface area contributed by atoms with Gasteiger partial charge in [-0.25, -0.2) is 0 Å². The minimum atomic E-state index is 0.111. The number of aromatic nitrogens is 3. The van der Waals surface area contributed by atoms with Crippen molar-refractivity contribution in [2.24, 2.45) is 7.05 Å². The maximum Gasteiger partial charge on any atom is 0.163 e. The van der Waals surface area contributed by atoms with E-state index in [0.717, 1.165) is 22.8 Å². The minimum Gasteiger partial charge on any atom is -0.467 e. The largest absolute Gasteiger partial charge is 0.467 e. The Hall–Kier alpha value is -2.56. The van der Waals surface area contributed by atoms with Crippen LogP contribution in [-0.2, 0) is 7.05 Å². The molecule has 1 N–H and O–H groups in total. The summed E-state index contributed by atoms with van der Waals surface area (Å²) in [6.45, 7) is 2.06. The summed E-state index contributed by atoms with van der Waals surface area (Å²) >= 11 is 0. The maximum atomic E-state index is 5.40. The number of nitrogens with one attached hydrogen (secondary N) is 1. The summed E-state index contributed by atoms with van der Waals surface area (Å²) < 4.78 is 7.30. The lowest BCUT2D eigenvalue weighted by atomic mass is 10.1. The standard InChI is InChI=1S/C15H16N4O/c1-11(14-7-4-8-20-14)17-13-6-3-5-12(9-13)15-18-16-10-19(15)2/h3-11,17H,1-2H3. The molecule has 5 heteroatoms. The van der Waals surface area contributed by atoms with Crippen LogP contribution >= 0.6 is 0 Å². The van der Waals surface area contributed by atoms with Gasteiger partial charge >= 0.3 is 0 Å². The molecular formula is C15H16N4O. The molecule has 3 aromatic rings. The van der Waals surface area contributed by atoms with Crippen molar-refractivity contribution in [3.05, 3.63) is 54.7 Å². The van der Waals surface area contributed by atoms with Gasteiger partial charge in [-0.2, -0.15) is 0 Å². The fourth-order valence-corrected chi connectivity index (χ4v) is 2.15. The Morgan fingerprint density at radius 3 is 2.85 bits per heavy atom. The average Bonchev–Trinajstić information content (AvgIpc) is 3.10. The van der Waals surface area contributed by atoms with Gasteiger partial charge in [-0.15, -0.1) is 10.2 Å². The Kier molecular flexibility index (Phi) is 3.25. The SMILES string of the molecule is CC(Nc1cccc(-c2nncn2C)c1)c1ccco1. The van der Waals surface area contributed by atoms with Crippen LogP contribution in [-0.4, -0.2) is 14.8 Å². The van der Waals surface area contributed by atoms with Crippen molar-refractivity contribution in [2.75, 3.05) is 5.32 Å². The number of rotatable bonds is 4. The van der Waals surface area contributed by atoms with Gasteiger partial charge < -0.3 is 14.3 Å². The zero-order valence-electron chi connectivity index (χ0n) is 11.4. The molecule has 0 amide bonds. The fourth-order valence-electron chi connectivity index (χ4n) is 2.15.